The van der Waals surface area contributed by atoms with E-state index >= 15 is 0 Å². The minimum Gasteiger partial charge on any atom is -0.307 e. The lowest BCUT2D eigenvalue weighted by molar-refractivity contribution is 0.283. The minimum atomic E-state index is 0.994. The molecule has 0 atom stereocenters. The molecule has 0 unspecified atom stereocenters. The number of rotatable bonds is 12. The third-order valence-electron chi connectivity index (χ3n) is 6.36. The van der Waals surface area contributed by atoms with Crippen LogP contribution in [0.25, 0.3) is 31.9 Å². The molecule has 34 heavy (non-hydrogen) atoms. The first-order chi connectivity index (χ1) is 16.5. The molecule has 0 bridgehead atoms. The minimum absolute atomic E-state index is 0.994. The highest BCUT2D eigenvalue weighted by Gasteiger charge is 2.17. The summed E-state index contributed by atoms with van der Waals surface area (Å²) in [5.74, 6) is 0. The Hall–Kier alpha value is -2.06. The fraction of sp³-hybridized carbons (Fsp3) is 0.481. The second-order valence-electron chi connectivity index (χ2n) is 8.95. The van der Waals surface area contributed by atoms with E-state index in [1.807, 2.05) is 29.7 Å². The van der Waals surface area contributed by atoms with Crippen LogP contribution in [-0.4, -0.2) is 58.0 Å². The standard InChI is InChI=1S/C27H37N5S2/c1-6-17-32(8-3)19-21-12-16-25(34-21)23-14-13-22(26-27(23)29-31(5)28-26)24-15-11-20(33-24)10-9-18-30(4)7-2/h11-16H,6-10,17-19H2,1-5H3. The molecule has 0 spiro atoms. The van der Waals surface area contributed by atoms with Crippen LogP contribution in [0.2, 0.25) is 0 Å². The molecule has 0 aliphatic rings. The Kier molecular flexibility index (Phi) is 8.53. The lowest BCUT2D eigenvalue weighted by Crippen LogP contribution is -2.22. The Labute approximate surface area is 212 Å². The first kappa shape index (κ1) is 25.0. The van der Waals surface area contributed by atoms with Crippen LogP contribution in [0, 0.1) is 0 Å². The van der Waals surface area contributed by atoms with Crippen LogP contribution in [0.15, 0.2) is 36.4 Å². The van der Waals surface area contributed by atoms with E-state index in [1.54, 1.807) is 4.80 Å². The van der Waals surface area contributed by atoms with Crippen LogP contribution in [0.1, 0.15) is 43.4 Å². The SMILES string of the molecule is CCCN(CC)Cc1ccc(-c2ccc(-c3ccc(CCCN(C)CC)s3)c3nn(C)nc23)s1. The summed E-state index contributed by atoms with van der Waals surface area (Å²) < 4.78 is 0. The van der Waals surface area contributed by atoms with Crippen molar-refractivity contribution in [2.75, 3.05) is 33.2 Å². The maximum Gasteiger partial charge on any atom is 0.122 e. The van der Waals surface area contributed by atoms with Gasteiger partial charge in [-0.1, -0.05) is 32.9 Å². The van der Waals surface area contributed by atoms with Crippen molar-refractivity contribution < 1.29 is 0 Å². The van der Waals surface area contributed by atoms with Gasteiger partial charge in [-0.25, -0.2) is 0 Å². The Bertz CT molecular complexity index is 1210. The van der Waals surface area contributed by atoms with Gasteiger partial charge in [0.25, 0.3) is 0 Å². The van der Waals surface area contributed by atoms with E-state index in [-0.39, 0.29) is 0 Å². The number of benzene rings is 1. The van der Waals surface area contributed by atoms with Crippen molar-refractivity contribution in [3.8, 4) is 20.9 Å². The lowest BCUT2D eigenvalue weighted by Gasteiger charge is -2.18. The summed E-state index contributed by atoms with van der Waals surface area (Å²) in [4.78, 5) is 12.0. The number of hydrogen-bond donors (Lipinski definition) is 0. The average Bonchev–Trinajstić information content (AvgIpc) is 3.57. The zero-order valence-electron chi connectivity index (χ0n) is 21.2. The van der Waals surface area contributed by atoms with E-state index in [1.165, 1.54) is 43.5 Å². The first-order valence-corrected chi connectivity index (χ1v) is 14.1. The van der Waals surface area contributed by atoms with Gasteiger partial charge in [-0.3, -0.25) is 4.90 Å². The number of aryl methyl sites for hydroxylation is 2. The van der Waals surface area contributed by atoms with Crippen LogP contribution in [0.3, 0.4) is 0 Å². The van der Waals surface area contributed by atoms with Gasteiger partial charge in [0.1, 0.15) is 11.0 Å². The first-order valence-electron chi connectivity index (χ1n) is 12.4. The molecule has 0 saturated heterocycles. The molecule has 3 aromatic heterocycles. The largest absolute Gasteiger partial charge is 0.307 e. The molecule has 0 saturated carbocycles. The highest BCUT2D eigenvalue weighted by molar-refractivity contribution is 7.16. The summed E-state index contributed by atoms with van der Waals surface area (Å²) >= 11 is 3.77. The predicted octanol–water partition coefficient (Wildman–Crippen LogP) is 6.54. The van der Waals surface area contributed by atoms with Gasteiger partial charge in [-0.15, -0.1) is 22.7 Å². The Morgan fingerprint density at radius 1 is 0.794 bits per heavy atom. The summed E-state index contributed by atoms with van der Waals surface area (Å²) in [6, 6.07) is 13.5. The number of thiophene rings is 2. The molecular formula is C27H37N5S2. The highest BCUT2D eigenvalue weighted by Crippen LogP contribution is 2.39. The van der Waals surface area contributed by atoms with Crippen LogP contribution in [-0.2, 0) is 20.0 Å². The van der Waals surface area contributed by atoms with Crippen LogP contribution < -0.4 is 0 Å². The van der Waals surface area contributed by atoms with Gasteiger partial charge in [0.15, 0.2) is 0 Å². The van der Waals surface area contributed by atoms with Crippen molar-refractivity contribution in [2.45, 2.75) is 46.6 Å². The smallest absolute Gasteiger partial charge is 0.122 e. The average molecular weight is 496 g/mol. The predicted molar refractivity (Wildman–Crippen MR) is 148 cm³/mol. The molecule has 4 rings (SSSR count). The number of hydrogen-bond acceptors (Lipinski definition) is 6. The van der Waals surface area contributed by atoms with Gasteiger partial charge in [0.05, 0.1) is 0 Å². The van der Waals surface area contributed by atoms with Crippen LogP contribution in [0.5, 0.6) is 0 Å². The highest BCUT2D eigenvalue weighted by atomic mass is 32.1. The van der Waals surface area contributed by atoms with E-state index in [2.05, 4.69) is 74.0 Å². The summed E-state index contributed by atoms with van der Waals surface area (Å²) in [6.45, 7) is 12.2. The molecule has 0 aliphatic carbocycles. The van der Waals surface area contributed by atoms with Crippen molar-refractivity contribution in [3.63, 3.8) is 0 Å². The van der Waals surface area contributed by atoms with E-state index < -0.39 is 0 Å². The maximum absolute atomic E-state index is 4.78. The van der Waals surface area contributed by atoms with E-state index in [0.717, 1.165) is 50.2 Å². The van der Waals surface area contributed by atoms with E-state index in [0.29, 0.717) is 0 Å². The molecular weight excluding hydrogens is 458 g/mol. The third kappa shape index (κ3) is 5.77. The molecule has 0 amide bonds. The Balaban J connectivity index is 1.58. The monoisotopic (exact) mass is 495 g/mol. The third-order valence-corrected chi connectivity index (χ3v) is 8.65. The quantitative estimate of drug-likeness (QED) is 0.224. The maximum atomic E-state index is 4.78. The van der Waals surface area contributed by atoms with Gasteiger partial charge in [-0.05, 0) is 76.8 Å². The molecule has 5 nitrogen and oxygen atoms in total. The van der Waals surface area contributed by atoms with Crippen LogP contribution in [0.4, 0.5) is 0 Å². The molecule has 4 aromatic rings. The van der Waals surface area contributed by atoms with Crippen molar-refractivity contribution in [3.05, 3.63) is 46.2 Å². The fourth-order valence-corrected chi connectivity index (χ4v) is 6.48. The zero-order chi connectivity index (χ0) is 24.1. The number of fused-ring (bicyclic) bond motifs is 1. The lowest BCUT2D eigenvalue weighted by atomic mass is 10.1. The summed E-state index contributed by atoms with van der Waals surface area (Å²) in [5, 5.41) is 9.55. The summed E-state index contributed by atoms with van der Waals surface area (Å²) in [6.07, 6.45) is 3.51. The summed E-state index contributed by atoms with van der Waals surface area (Å²) in [7, 11) is 4.11. The van der Waals surface area contributed by atoms with Gasteiger partial charge in [-0.2, -0.15) is 15.0 Å². The van der Waals surface area contributed by atoms with E-state index in [4.69, 9.17) is 10.2 Å². The normalized spacial score (nSPS) is 12.0. The Morgan fingerprint density at radius 3 is 2.00 bits per heavy atom. The zero-order valence-corrected chi connectivity index (χ0v) is 22.8. The second kappa shape index (κ2) is 11.6. The molecule has 0 fully saturated rings. The van der Waals surface area contributed by atoms with Gasteiger partial charge >= 0.3 is 0 Å². The second-order valence-corrected chi connectivity index (χ2v) is 11.3. The molecule has 0 radical (unpaired) electrons. The Morgan fingerprint density at radius 2 is 1.41 bits per heavy atom. The van der Waals surface area contributed by atoms with Crippen LogP contribution >= 0.6 is 22.7 Å². The van der Waals surface area contributed by atoms with Crippen molar-refractivity contribution in [1.29, 1.82) is 0 Å². The number of aromatic nitrogens is 3. The topological polar surface area (TPSA) is 37.2 Å². The molecule has 7 heteroatoms. The van der Waals surface area contributed by atoms with Gasteiger partial charge < -0.3 is 4.90 Å². The number of nitrogens with zero attached hydrogens (tertiary/aromatic N) is 5. The molecule has 182 valence electrons. The van der Waals surface area contributed by atoms with Crippen molar-refractivity contribution in [2.24, 2.45) is 7.05 Å². The van der Waals surface area contributed by atoms with Crippen molar-refractivity contribution >= 4 is 33.7 Å². The molecule has 3 heterocycles. The van der Waals surface area contributed by atoms with E-state index in [9.17, 15) is 0 Å². The van der Waals surface area contributed by atoms with Gasteiger partial charge in [0, 0.05) is 44.2 Å². The summed E-state index contributed by atoms with van der Waals surface area (Å²) in [5.41, 5.74) is 4.36. The molecule has 0 aliphatic heterocycles. The molecule has 1 aromatic carbocycles. The van der Waals surface area contributed by atoms with Gasteiger partial charge in [0.2, 0.25) is 0 Å². The van der Waals surface area contributed by atoms with Crippen molar-refractivity contribution in [1.82, 2.24) is 24.8 Å². The molecule has 0 N–H and O–H groups in total. The fourth-order valence-electron chi connectivity index (χ4n) is 4.32.